The summed E-state index contributed by atoms with van der Waals surface area (Å²) in [6.45, 7) is 2.26. The fourth-order valence-electron chi connectivity index (χ4n) is 3.78. The third kappa shape index (κ3) is 4.68. The Hall–Kier alpha value is -2.16. The van der Waals surface area contributed by atoms with Crippen LogP contribution in [0.2, 0.25) is 0 Å². The summed E-state index contributed by atoms with van der Waals surface area (Å²) in [6.07, 6.45) is 7.74. The predicted molar refractivity (Wildman–Crippen MR) is 97.4 cm³/mol. The van der Waals surface area contributed by atoms with Gasteiger partial charge in [0.25, 0.3) is 0 Å². The highest BCUT2D eigenvalue weighted by Crippen LogP contribution is 2.37. The maximum absolute atomic E-state index is 13.2. The molecule has 132 valence electrons. The van der Waals surface area contributed by atoms with Gasteiger partial charge in [0.05, 0.1) is 5.56 Å². The minimum absolute atomic E-state index is 0.221. The third-order valence-electron chi connectivity index (χ3n) is 5.17. The average molecular weight is 340 g/mol. The van der Waals surface area contributed by atoms with Gasteiger partial charge in [0.2, 0.25) is 0 Å². The summed E-state index contributed by atoms with van der Waals surface area (Å²) in [7, 11) is 0. The molecule has 3 rings (SSSR count). The maximum Gasteiger partial charge on any atom is 0.343 e. The summed E-state index contributed by atoms with van der Waals surface area (Å²) >= 11 is 0. The van der Waals surface area contributed by atoms with Crippen molar-refractivity contribution in [2.24, 2.45) is 5.92 Å². The number of carbonyl (C=O) groups excluding carboxylic acids is 1. The highest BCUT2D eigenvalue weighted by atomic mass is 19.1. The smallest absolute Gasteiger partial charge is 0.343 e. The maximum atomic E-state index is 13.2. The van der Waals surface area contributed by atoms with Crippen molar-refractivity contribution in [2.75, 3.05) is 0 Å². The summed E-state index contributed by atoms with van der Waals surface area (Å²) < 4.78 is 18.5. The molecule has 0 N–H and O–H groups in total. The van der Waals surface area contributed by atoms with Crippen LogP contribution < -0.4 is 4.74 Å². The first-order valence-electron chi connectivity index (χ1n) is 9.23. The van der Waals surface area contributed by atoms with Gasteiger partial charge in [-0.05, 0) is 73.4 Å². The molecule has 0 aliphatic heterocycles. The Labute approximate surface area is 149 Å². The van der Waals surface area contributed by atoms with Gasteiger partial charge in [0.1, 0.15) is 11.6 Å². The van der Waals surface area contributed by atoms with Crippen molar-refractivity contribution < 1.29 is 13.9 Å². The lowest BCUT2D eigenvalue weighted by Gasteiger charge is -2.28. The van der Waals surface area contributed by atoms with Crippen LogP contribution in [0.5, 0.6) is 5.75 Å². The van der Waals surface area contributed by atoms with Crippen LogP contribution >= 0.6 is 0 Å². The van der Waals surface area contributed by atoms with Gasteiger partial charge in [-0.25, -0.2) is 9.18 Å². The molecule has 0 atom stereocenters. The van der Waals surface area contributed by atoms with Crippen molar-refractivity contribution in [2.45, 2.75) is 51.4 Å². The second-order valence-corrected chi connectivity index (χ2v) is 6.98. The fraction of sp³-hybridized carbons (Fsp3) is 0.409. The number of carbonyl (C=O) groups is 1. The molecular formula is C22H25FO2. The van der Waals surface area contributed by atoms with E-state index < -0.39 is 11.8 Å². The van der Waals surface area contributed by atoms with Gasteiger partial charge in [-0.3, -0.25) is 0 Å². The largest absolute Gasteiger partial charge is 0.423 e. The third-order valence-corrected chi connectivity index (χ3v) is 5.17. The molecule has 1 aliphatic rings. The van der Waals surface area contributed by atoms with E-state index in [2.05, 4.69) is 19.1 Å². The van der Waals surface area contributed by atoms with Crippen molar-refractivity contribution in [3.05, 3.63) is 65.5 Å². The lowest BCUT2D eigenvalue weighted by Crippen LogP contribution is -2.13. The molecule has 1 fully saturated rings. The van der Waals surface area contributed by atoms with E-state index in [4.69, 9.17) is 4.74 Å². The normalized spacial score (nSPS) is 20.2. The summed E-state index contributed by atoms with van der Waals surface area (Å²) in [5, 5.41) is 0. The first-order valence-corrected chi connectivity index (χ1v) is 9.23. The Morgan fingerprint density at radius 1 is 1.08 bits per heavy atom. The Bertz CT molecular complexity index is 700. The Kier molecular flexibility index (Phi) is 5.85. The fourth-order valence-corrected chi connectivity index (χ4v) is 3.78. The van der Waals surface area contributed by atoms with Crippen molar-refractivity contribution in [3.8, 4) is 5.75 Å². The van der Waals surface area contributed by atoms with Crippen molar-refractivity contribution in [3.63, 3.8) is 0 Å². The van der Waals surface area contributed by atoms with Crippen LogP contribution in [-0.4, -0.2) is 5.97 Å². The number of halogens is 1. The van der Waals surface area contributed by atoms with E-state index in [1.807, 2.05) is 12.1 Å². The number of hydrogen-bond donors (Lipinski definition) is 0. The van der Waals surface area contributed by atoms with E-state index in [1.54, 1.807) is 6.07 Å². The molecule has 0 amide bonds. The zero-order valence-corrected chi connectivity index (χ0v) is 14.7. The molecule has 2 aromatic carbocycles. The lowest BCUT2D eigenvalue weighted by atomic mass is 9.77. The van der Waals surface area contributed by atoms with Crippen LogP contribution in [0.1, 0.15) is 67.3 Å². The highest BCUT2D eigenvalue weighted by molar-refractivity contribution is 5.91. The van der Waals surface area contributed by atoms with Crippen molar-refractivity contribution >= 4 is 5.97 Å². The molecular weight excluding hydrogens is 315 g/mol. The minimum Gasteiger partial charge on any atom is -0.423 e. The second-order valence-electron chi connectivity index (χ2n) is 6.98. The lowest BCUT2D eigenvalue weighted by molar-refractivity contribution is 0.0734. The number of hydrogen-bond acceptors (Lipinski definition) is 2. The molecule has 0 heterocycles. The Morgan fingerprint density at radius 3 is 2.44 bits per heavy atom. The molecule has 0 aromatic heterocycles. The van der Waals surface area contributed by atoms with Crippen LogP contribution in [0.4, 0.5) is 4.39 Å². The molecule has 2 nitrogen and oxygen atoms in total. The molecule has 0 bridgehead atoms. The molecule has 0 unspecified atom stereocenters. The monoisotopic (exact) mass is 340 g/mol. The van der Waals surface area contributed by atoms with E-state index in [9.17, 15) is 9.18 Å². The molecule has 3 heteroatoms. The summed E-state index contributed by atoms with van der Waals surface area (Å²) in [6, 6.07) is 13.3. The SMILES string of the molecule is CCC[C@H]1CC[C@H](c2ccc(OC(=O)c3cccc(F)c3)cc2)CC1. The van der Waals surface area contributed by atoms with Gasteiger partial charge in [-0.2, -0.15) is 0 Å². The van der Waals surface area contributed by atoms with Crippen LogP contribution in [0.3, 0.4) is 0 Å². The molecule has 25 heavy (non-hydrogen) atoms. The molecule has 2 aromatic rings. The van der Waals surface area contributed by atoms with Gasteiger partial charge >= 0.3 is 5.97 Å². The van der Waals surface area contributed by atoms with E-state index in [-0.39, 0.29) is 5.56 Å². The van der Waals surface area contributed by atoms with Crippen LogP contribution in [0.15, 0.2) is 48.5 Å². The van der Waals surface area contributed by atoms with Gasteiger partial charge in [0.15, 0.2) is 0 Å². The molecule has 0 spiro atoms. The standard InChI is InChI=1S/C22H25FO2/c1-2-4-16-7-9-17(10-8-16)18-11-13-21(14-12-18)25-22(24)19-5-3-6-20(23)15-19/h3,5-6,11-17H,2,4,7-10H2,1H3/t16-,17-. The van der Waals surface area contributed by atoms with Crippen LogP contribution in [0, 0.1) is 11.7 Å². The molecule has 1 saturated carbocycles. The van der Waals surface area contributed by atoms with Gasteiger partial charge in [-0.1, -0.05) is 38.0 Å². The summed E-state index contributed by atoms with van der Waals surface area (Å²) in [5.74, 6) is 1.03. The summed E-state index contributed by atoms with van der Waals surface area (Å²) in [4.78, 5) is 12.1. The van der Waals surface area contributed by atoms with E-state index in [1.165, 1.54) is 62.3 Å². The van der Waals surface area contributed by atoms with Crippen molar-refractivity contribution in [1.29, 1.82) is 0 Å². The van der Waals surface area contributed by atoms with E-state index >= 15 is 0 Å². The van der Waals surface area contributed by atoms with Gasteiger partial charge in [0, 0.05) is 0 Å². The molecule has 0 radical (unpaired) electrons. The predicted octanol–water partition coefficient (Wildman–Crippen LogP) is 6.12. The quantitative estimate of drug-likeness (QED) is 0.484. The number of rotatable bonds is 5. The minimum atomic E-state index is -0.535. The van der Waals surface area contributed by atoms with Crippen molar-refractivity contribution in [1.82, 2.24) is 0 Å². The zero-order valence-electron chi connectivity index (χ0n) is 14.7. The second kappa shape index (κ2) is 8.28. The first kappa shape index (κ1) is 17.7. The first-order chi connectivity index (χ1) is 12.2. The Balaban J connectivity index is 1.58. The summed E-state index contributed by atoms with van der Waals surface area (Å²) in [5.41, 5.74) is 1.54. The number of benzene rings is 2. The zero-order chi connectivity index (χ0) is 17.6. The van der Waals surface area contributed by atoms with Gasteiger partial charge < -0.3 is 4.74 Å². The van der Waals surface area contributed by atoms with E-state index in [0.29, 0.717) is 11.7 Å². The average Bonchev–Trinajstić information content (AvgIpc) is 2.63. The van der Waals surface area contributed by atoms with Crippen LogP contribution in [-0.2, 0) is 0 Å². The van der Waals surface area contributed by atoms with E-state index in [0.717, 1.165) is 5.92 Å². The molecule has 0 saturated heterocycles. The van der Waals surface area contributed by atoms with Gasteiger partial charge in [-0.15, -0.1) is 0 Å². The number of esters is 1. The van der Waals surface area contributed by atoms with Crippen LogP contribution in [0.25, 0.3) is 0 Å². The molecule has 1 aliphatic carbocycles. The highest BCUT2D eigenvalue weighted by Gasteiger charge is 2.21. The Morgan fingerprint density at radius 2 is 1.80 bits per heavy atom. The number of ether oxygens (including phenoxy) is 1. The topological polar surface area (TPSA) is 26.3 Å².